The number of aryl methyl sites for hydroxylation is 2. The van der Waals surface area contributed by atoms with Gasteiger partial charge in [0.05, 0.1) is 12.2 Å². The van der Waals surface area contributed by atoms with E-state index >= 15 is 0 Å². The molecule has 1 saturated heterocycles. The van der Waals surface area contributed by atoms with Crippen molar-refractivity contribution in [1.82, 2.24) is 34.8 Å². The van der Waals surface area contributed by atoms with E-state index in [0.717, 1.165) is 43.5 Å². The molecule has 0 aliphatic carbocycles. The van der Waals surface area contributed by atoms with Crippen molar-refractivity contribution in [3.63, 3.8) is 0 Å². The summed E-state index contributed by atoms with van der Waals surface area (Å²) in [4.78, 5) is 13.3. The lowest BCUT2D eigenvalue weighted by Gasteiger charge is -2.34. The van der Waals surface area contributed by atoms with Crippen molar-refractivity contribution in [2.75, 3.05) is 31.1 Å². The van der Waals surface area contributed by atoms with Gasteiger partial charge in [0, 0.05) is 45.4 Å². The summed E-state index contributed by atoms with van der Waals surface area (Å²) in [6.45, 7) is 8.08. The van der Waals surface area contributed by atoms with Crippen LogP contribution >= 0.6 is 0 Å². The van der Waals surface area contributed by atoms with Crippen molar-refractivity contribution < 1.29 is 4.42 Å². The highest BCUT2D eigenvalue weighted by atomic mass is 16.4. The number of piperazine rings is 1. The molecule has 4 heterocycles. The third kappa shape index (κ3) is 3.50. The monoisotopic (exact) mass is 340 g/mol. The smallest absolute Gasteiger partial charge is 0.230 e. The minimum Gasteiger partial charge on any atom is -0.424 e. The summed E-state index contributed by atoms with van der Waals surface area (Å²) in [6, 6.07) is 3.93. The van der Waals surface area contributed by atoms with E-state index in [2.05, 4.69) is 35.1 Å². The van der Waals surface area contributed by atoms with E-state index in [1.165, 1.54) is 0 Å². The molecular formula is C16H20N8O. The fraction of sp³-hybridized carbons (Fsp3) is 0.438. The van der Waals surface area contributed by atoms with E-state index < -0.39 is 0 Å². The van der Waals surface area contributed by atoms with Crippen LogP contribution in [0.2, 0.25) is 0 Å². The maximum Gasteiger partial charge on any atom is 0.230 e. The van der Waals surface area contributed by atoms with Crippen molar-refractivity contribution in [3.05, 3.63) is 42.1 Å². The van der Waals surface area contributed by atoms with Gasteiger partial charge >= 0.3 is 0 Å². The molecule has 0 aromatic carbocycles. The van der Waals surface area contributed by atoms with Crippen LogP contribution < -0.4 is 4.90 Å². The van der Waals surface area contributed by atoms with Crippen molar-refractivity contribution in [1.29, 1.82) is 0 Å². The molecule has 3 aromatic rings. The molecule has 3 aromatic heterocycles. The number of rotatable bonds is 4. The van der Waals surface area contributed by atoms with Crippen molar-refractivity contribution >= 4 is 5.82 Å². The molecule has 0 N–H and O–H groups in total. The van der Waals surface area contributed by atoms with Gasteiger partial charge in [-0.1, -0.05) is 0 Å². The van der Waals surface area contributed by atoms with E-state index in [9.17, 15) is 0 Å². The highest BCUT2D eigenvalue weighted by Crippen LogP contribution is 2.17. The van der Waals surface area contributed by atoms with Crippen LogP contribution in [-0.2, 0) is 6.54 Å². The summed E-state index contributed by atoms with van der Waals surface area (Å²) in [5.74, 6) is 2.98. The van der Waals surface area contributed by atoms with Gasteiger partial charge in [0.15, 0.2) is 5.82 Å². The second-order valence-corrected chi connectivity index (χ2v) is 6.11. The predicted octanol–water partition coefficient (Wildman–Crippen LogP) is 0.984. The third-order valence-corrected chi connectivity index (χ3v) is 4.22. The standard InChI is InChI=1S/C16H20N8O/c1-12-3-4-24(21-12)15-9-14(17-11-18-15)23-7-5-22(6-8-23)10-16-20-19-13(2)25-16/h3-4,9,11H,5-8,10H2,1-2H3. The molecule has 9 heteroatoms. The fourth-order valence-electron chi connectivity index (χ4n) is 2.91. The van der Waals surface area contributed by atoms with Gasteiger partial charge in [-0.15, -0.1) is 10.2 Å². The highest BCUT2D eigenvalue weighted by molar-refractivity contribution is 5.43. The largest absolute Gasteiger partial charge is 0.424 e. The van der Waals surface area contributed by atoms with Gasteiger partial charge in [-0.2, -0.15) is 5.10 Å². The van der Waals surface area contributed by atoms with Crippen molar-refractivity contribution in [2.45, 2.75) is 20.4 Å². The summed E-state index contributed by atoms with van der Waals surface area (Å²) in [6.07, 6.45) is 3.50. The summed E-state index contributed by atoms with van der Waals surface area (Å²) >= 11 is 0. The van der Waals surface area contributed by atoms with Crippen molar-refractivity contribution in [3.8, 4) is 5.82 Å². The Morgan fingerprint density at radius 3 is 2.52 bits per heavy atom. The maximum atomic E-state index is 5.46. The van der Waals surface area contributed by atoms with E-state index in [1.807, 2.05) is 32.2 Å². The first-order valence-corrected chi connectivity index (χ1v) is 8.28. The fourth-order valence-corrected chi connectivity index (χ4v) is 2.91. The molecule has 130 valence electrons. The van der Waals surface area contributed by atoms with Crippen LogP contribution in [0.5, 0.6) is 0 Å². The number of aromatic nitrogens is 6. The quantitative estimate of drug-likeness (QED) is 0.694. The van der Waals surface area contributed by atoms with Gasteiger partial charge in [-0.05, 0) is 13.0 Å². The van der Waals surface area contributed by atoms with E-state index in [0.29, 0.717) is 18.3 Å². The molecule has 0 amide bonds. The minimum absolute atomic E-state index is 0.607. The van der Waals surface area contributed by atoms with Gasteiger partial charge < -0.3 is 9.32 Å². The topological polar surface area (TPSA) is 89.0 Å². The maximum absolute atomic E-state index is 5.46. The summed E-state index contributed by atoms with van der Waals surface area (Å²) in [5, 5.41) is 12.3. The van der Waals surface area contributed by atoms with E-state index in [4.69, 9.17) is 4.42 Å². The molecule has 0 bridgehead atoms. The van der Waals surface area contributed by atoms with E-state index in [1.54, 1.807) is 11.0 Å². The second-order valence-electron chi connectivity index (χ2n) is 6.11. The molecule has 1 fully saturated rings. The van der Waals surface area contributed by atoms with Crippen LogP contribution in [0.15, 0.2) is 29.1 Å². The normalized spacial score (nSPS) is 15.7. The van der Waals surface area contributed by atoms with Crippen LogP contribution in [-0.4, -0.2) is 61.0 Å². The first kappa shape index (κ1) is 15.7. The van der Waals surface area contributed by atoms with Crippen molar-refractivity contribution in [2.24, 2.45) is 0 Å². The SMILES string of the molecule is Cc1ccn(-c2cc(N3CCN(Cc4nnc(C)o4)CC3)ncn2)n1. The molecule has 4 rings (SSSR count). The molecule has 0 radical (unpaired) electrons. The minimum atomic E-state index is 0.607. The predicted molar refractivity (Wildman–Crippen MR) is 90.4 cm³/mol. The van der Waals surface area contributed by atoms with Crippen LogP contribution in [0.1, 0.15) is 17.5 Å². The number of hydrogen-bond acceptors (Lipinski definition) is 8. The van der Waals surface area contributed by atoms with Crippen LogP contribution in [0, 0.1) is 13.8 Å². The van der Waals surface area contributed by atoms with Gasteiger partial charge in [0.1, 0.15) is 12.1 Å². The molecule has 0 spiro atoms. The Balaban J connectivity index is 1.40. The van der Waals surface area contributed by atoms with E-state index in [-0.39, 0.29) is 0 Å². The molecule has 0 saturated carbocycles. The Bertz CT molecular complexity index is 849. The van der Waals surface area contributed by atoms with Gasteiger partial charge in [0.25, 0.3) is 0 Å². The number of hydrogen-bond donors (Lipinski definition) is 0. The lowest BCUT2D eigenvalue weighted by molar-refractivity contribution is 0.224. The number of nitrogens with zero attached hydrogens (tertiary/aromatic N) is 8. The summed E-state index contributed by atoms with van der Waals surface area (Å²) < 4.78 is 7.23. The first-order valence-electron chi connectivity index (χ1n) is 8.28. The molecule has 0 unspecified atom stereocenters. The zero-order valence-corrected chi connectivity index (χ0v) is 14.3. The lowest BCUT2D eigenvalue weighted by Crippen LogP contribution is -2.46. The Morgan fingerprint density at radius 2 is 1.84 bits per heavy atom. The summed E-state index contributed by atoms with van der Waals surface area (Å²) in [7, 11) is 0. The molecule has 0 atom stereocenters. The Hall–Kier alpha value is -2.81. The molecule has 9 nitrogen and oxygen atoms in total. The summed E-state index contributed by atoms with van der Waals surface area (Å²) in [5.41, 5.74) is 0.963. The number of anilines is 1. The van der Waals surface area contributed by atoms with Crippen LogP contribution in [0.3, 0.4) is 0 Å². The average Bonchev–Trinajstić information content (AvgIpc) is 3.24. The van der Waals surface area contributed by atoms with Gasteiger partial charge in [-0.3, -0.25) is 4.90 Å². The zero-order valence-electron chi connectivity index (χ0n) is 14.3. The van der Waals surface area contributed by atoms with Gasteiger partial charge in [-0.25, -0.2) is 14.6 Å². The molecule has 25 heavy (non-hydrogen) atoms. The second kappa shape index (κ2) is 6.60. The average molecular weight is 340 g/mol. The lowest BCUT2D eigenvalue weighted by atomic mass is 10.3. The van der Waals surface area contributed by atoms with Gasteiger partial charge in [0.2, 0.25) is 11.8 Å². The highest BCUT2D eigenvalue weighted by Gasteiger charge is 2.20. The van der Waals surface area contributed by atoms with Crippen LogP contribution in [0.4, 0.5) is 5.82 Å². The molecule has 1 aliphatic rings. The molecular weight excluding hydrogens is 320 g/mol. The Kier molecular flexibility index (Phi) is 4.14. The first-order chi connectivity index (χ1) is 12.2. The molecule has 1 aliphatic heterocycles. The van der Waals surface area contributed by atoms with Crippen LogP contribution in [0.25, 0.3) is 5.82 Å². The Labute approximate surface area is 145 Å². The third-order valence-electron chi connectivity index (χ3n) is 4.22. The Morgan fingerprint density at radius 1 is 1.04 bits per heavy atom. The zero-order chi connectivity index (χ0) is 17.2.